The molecule has 0 saturated heterocycles. The van der Waals surface area contributed by atoms with Crippen LogP contribution in [0.1, 0.15) is 31.4 Å². The molecule has 0 aliphatic carbocycles. The van der Waals surface area contributed by atoms with Gasteiger partial charge in [0.2, 0.25) is 5.91 Å². The lowest BCUT2D eigenvalue weighted by Gasteiger charge is -2.12. The topological polar surface area (TPSA) is 56.8 Å². The molecule has 0 aliphatic rings. The first-order valence-electron chi connectivity index (χ1n) is 9.10. The molecule has 27 heavy (non-hydrogen) atoms. The van der Waals surface area contributed by atoms with E-state index >= 15 is 0 Å². The van der Waals surface area contributed by atoms with Gasteiger partial charge in [-0.3, -0.25) is 4.79 Å². The van der Waals surface area contributed by atoms with Crippen LogP contribution in [0.15, 0.2) is 42.5 Å². The molecule has 1 N–H and O–H groups in total. The molecular formula is C22H27NO4. The van der Waals surface area contributed by atoms with E-state index in [2.05, 4.69) is 12.2 Å². The van der Waals surface area contributed by atoms with E-state index in [0.717, 1.165) is 17.5 Å². The minimum Gasteiger partial charge on any atom is -0.495 e. The van der Waals surface area contributed by atoms with Crippen molar-refractivity contribution in [1.29, 1.82) is 0 Å². The summed E-state index contributed by atoms with van der Waals surface area (Å²) in [5, 5.41) is 2.84. The molecule has 144 valence electrons. The highest BCUT2D eigenvalue weighted by molar-refractivity contribution is 6.02. The van der Waals surface area contributed by atoms with Gasteiger partial charge in [0.05, 0.1) is 26.0 Å². The lowest BCUT2D eigenvalue weighted by atomic mass is 10.1. The van der Waals surface area contributed by atoms with E-state index in [4.69, 9.17) is 14.2 Å². The van der Waals surface area contributed by atoms with Crippen LogP contribution in [0.3, 0.4) is 0 Å². The first kappa shape index (κ1) is 20.4. The second-order valence-electron chi connectivity index (χ2n) is 6.01. The molecule has 0 radical (unpaired) electrons. The Hall–Kier alpha value is -2.95. The first-order chi connectivity index (χ1) is 13.1. The molecular weight excluding hydrogens is 342 g/mol. The van der Waals surface area contributed by atoms with E-state index < -0.39 is 0 Å². The maximum Gasteiger partial charge on any atom is 0.248 e. The summed E-state index contributed by atoms with van der Waals surface area (Å²) in [6.07, 6.45) is 4.15. The predicted octanol–water partition coefficient (Wildman–Crippen LogP) is 4.84. The first-order valence-corrected chi connectivity index (χ1v) is 9.10. The van der Waals surface area contributed by atoms with Crippen LogP contribution in [-0.2, 0) is 4.79 Å². The second-order valence-corrected chi connectivity index (χ2v) is 6.01. The van der Waals surface area contributed by atoms with Crippen LogP contribution < -0.4 is 19.5 Å². The van der Waals surface area contributed by atoms with Crippen molar-refractivity contribution in [3.05, 3.63) is 53.6 Å². The molecule has 0 heterocycles. The van der Waals surface area contributed by atoms with Gasteiger partial charge in [0.15, 0.2) is 11.5 Å². The Morgan fingerprint density at radius 2 is 1.81 bits per heavy atom. The molecule has 2 aromatic rings. The normalized spacial score (nSPS) is 10.7. The Balaban J connectivity index is 2.11. The van der Waals surface area contributed by atoms with Gasteiger partial charge in [0.25, 0.3) is 0 Å². The fraction of sp³-hybridized carbons (Fsp3) is 0.318. The molecule has 5 heteroatoms. The summed E-state index contributed by atoms with van der Waals surface area (Å²) in [5.74, 6) is 1.78. The molecule has 5 nitrogen and oxygen atoms in total. The third kappa shape index (κ3) is 6.06. The van der Waals surface area contributed by atoms with E-state index in [9.17, 15) is 4.79 Å². The fourth-order valence-electron chi connectivity index (χ4n) is 2.49. The van der Waals surface area contributed by atoms with Crippen LogP contribution in [-0.4, -0.2) is 26.2 Å². The van der Waals surface area contributed by atoms with Crippen LogP contribution in [0.5, 0.6) is 17.2 Å². The van der Waals surface area contributed by atoms with E-state index in [0.29, 0.717) is 36.1 Å². The summed E-state index contributed by atoms with van der Waals surface area (Å²) in [7, 11) is 1.58. The van der Waals surface area contributed by atoms with E-state index in [1.807, 2.05) is 50.2 Å². The predicted molar refractivity (Wildman–Crippen MR) is 109 cm³/mol. The average molecular weight is 369 g/mol. The highest BCUT2D eigenvalue weighted by atomic mass is 16.5. The lowest BCUT2D eigenvalue weighted by Crippen LogP contribution is -2.09. The van der Waals surface area contributed by atoms with Gasteiger partial charge in [0.1, 0.15) is 5.75 Å². The lowest BCUT2D eigenvalue weighted by molar-refractivity contribution is -0.111. The van der Waals surface area contributed by atoms with Crippen LogP contribution in [0.2, 0.25) is 0 Å². The van der Waals surface area contributed by atoms with Gasteiger partial charge in [0, 0.05) is 6.08 Å². The van der Waals surface area contributed by atoms with Gasteiger partial charge >= 0.3 is 0 Å². The third-order valence-electron chi connectivity index (χ3n) is 3.77. The van der Waals surface area contributed by atoms with Crippen molar-refractivity contribution >= 4 is 17.7 Å². The SMILES string of the molecule is CCCOc1ccc(/C=C/C(=O)Nc2cc(C)ccc2OC)cc1OCC. The molecule has 0 unspecified atom stereocenters. The van der Waals surface area contributed by atoms with Crippen LogP contribution >= 0.6 is 0 Å². The van der Waals surface area contributed by atoms with Gasteiger partial charge in [-0.2, -0.15) is 0 Å². The summed E-state index contributed by atoms with van der Waals surface area (Å²) >= 11 is 0. The summed E-state index contributed by atoms with van der Waals surface area (Å²) in [5.41, 5.74) is 2.54. The van der Waals surface area contributed by atoms with E-state index in [1.54, 1.807) is 13.2 Å². The van der Waals surface area contributed by atoms with Crippen molar-refractivity contribution in [1.82, 2.24) is 0 Å². The van der Waals surface area contributed by atoms with Crippen molar-refractivity contribution < 1.29 is 19.0 Å². The number of anilines is 1. The zero-order valence-corrected chi connectivity index (χ0v) is 16.4. The molecule has 1 amide bonds. The van der Waals surface area contributed by atoms with Crippen molar-refractivity contribution in [2.75, 3.05) is 25.6 Å². The molecule has 0 bridgehead atoms. The molecule has 0 fully saturated rings. The van der Waals surface area contributed by atoms with E-state index in [-0.39, 0.29) is 5.91 Å². The Kier molecular flexibility index (Phi) is 7.74. The largest absolute Gasteiger partial charge is 0.495 e. The Morgan fingerprint density at radius 1 is 1.04 bits per heavy atom. The monoisotopic (exact) mass is 369 g/mol. The third-order valence-corrected chi connectivity index (χ3v) is 3.77. The van der Waals surface area contributed by atoms with Gasteiger partial charge in [-0.15, -0.1) is 0 Å². The Labute approximate surface area is 161 Å². The number of ether oxygens (including phenoxy) is 3. The smallest absolute Gasteiger partial charge is 0.248 e. The molecule has 0 spiro atoms. The maximum atomic E-state index is 12.3. The van der Waals surface area contributed by atoms with Crippen molar-refractivity contribution in [3.63, 3.8) is 0 Å². The summed E-state index contributed by atoms with van der Waals surface area (Å²) < 4.78 is 16.6. The van der Waals surface area contributed by atoms with Gasteiger partial charge in [-0.25, -0.2) is 0 Å². The van der Waals surface area contributed by atoms with Crippen molar-refractivity contribution in [2.45, 2.75) is 27.2 Å². The number of hydrogen-bond acceptors (Lipinski definition) is 4. The number of methoxy groups -OCH3 is 1. The standard InChI is InChI=1S/C22H27NO4/c1-5-13-27-20-11-8-17(15-21(20)26-6-2)9-12-22(24)23-18-14-16(3)7-10-19(18)25-4/h7-12,14-15H,5-6,13H2,1-4H3,(H,23,24)/b12-9+. The number of carbonyl (C=O) groups excluding carboxylic acids is 1. The fourth-order valence-corrected chi connectivity index (χ4v) is 2.49. The summed E-state index contributed by atoms with van der Waals surface area (Å²) in [6.45, 7) is 7.12. The number of benzene rings is 2. The number of amides is 1. The minimum absolute atomic E-state index is 0.233. The van der Waals surface area contributed by atoms with Gasteiger partial charge in [-0.1, -0.05) is 19.1 Å². The summed E-state index contributed by atoms with van der Waals surface area (Å²) in [4.78, 5) is 12.3. The summed E-state index contributed by atoms with van der Waals surface area (Å²) in [6, 6.07) is 11.3. The van der Waals surface area contributed by atoms with Crippen molar-refractivity contribution in [2.24, 2.45) is 0 Å². The molecule has 0 atom stereocenters. The Bertz CT molecular complexity index is 799. The van der Waals surface area contributed by atoms with E-state index in [1.165, 1.54) is 6.08 Å². The molecule has 0 aliphatic heterocycles. The van der Waals surface area contributed by atoms with Crippen LogP contribution in [0.25, 0.3) is 6.08 Å². The number of carbonyl (C=O) groups is 1. The zero-order chi connectivity index (χ0) is 19.6. The number of hydrogen-bond donors (Lipinski definition) is 1. The second kappa shape index (κ2) is 10.3. The highest BCUT2D eigenvalue weighted by Crippen LogP contribution is 2.29. The van der Waals surface area contributed by atoms with Gasteiger partial charge in [-0.05, 0) is 61.7 Å². The minimum atomic E-state index is -0.233. The molecule has 0 saturated carbocycles. The van der Waals surface area contributed by atoms with Crippen molar-refractivity contribution in [3.8, 4) is 17.2 Å². The molecule has 2 aromatic carbocycles. The van der Waals surface area contributed by atoms with Gasteiger partial charge < -0.3 is 19.5 Å². The molecule has 2 rings (SSSR count). The maximum absolute atomic E-state index is 12.3. The van der Waals surface area contributed by atoms with Crippen LogP contribution in [0.4, 0.5) is 5.69 Å². The Morgan fingerprint density at radius 3 is 2.52 bits per heavy atom. The zero-order valence-electron chi connectivity index (χ0n) is 16.4. The van der Waals surface area contributed by atoms with Crippen LogP contribution in [0, 0.1) is 6.92 Å². The number of nitrogens with one attached hydrogen (secondary N) is 1. The average Bonchev–Trinajstić information content (AvgIpc) is 2.66. The molecule has 0 aromatic heterocycles. The number of aryl methyl sites for hydroxylation is 1. The number of rotatable bonds is 9. The highest BCUT2D eigenvalue weighted by Gasteiger charge is 2.07. The quantitative estimate of drug-likeness (QED) is 0.643.